The van der Waals surface area contributed by atoms with E-state index in [0.717, 1.165) is 10.5 Å². The van der Waals surface area contributed by atoms with Gasteiger partial charge in [0.15, 0.2) is 0 Å². The van der Waals surface area contributed by atoms with Crippen LogP contribution in [0.15, 0.2) is 23.8 Å². The molecule has 0 unspecified atom stereocenters. The molecule has 2 aromatic rings. The topological polar surface area (TPSA) is 30.4 Å². The molecular formula is C6H6N2S. The normalized spacial score (nSPS) is 10.7. The van der Waals surface area contributed by atoms with Crippen molar-refractivity contribution in [3.63, 3.8) is 0 Å². The van der Waals surface area contributed by atoms with Crippen LogP contribution in [0.5, 0.6) is 0 Å². The van der Waals surface area contributed by atoms with Gasteiger partial charge in [0.2, 0.25) is 0 Å². The molecular weight excluding hydrogens is 132 g/mol. The molecule has 0 amide bonds. The molecule has 0 aromatic carbocycles. The molecule has 0 saturated heterocycles. The fraction of sp³-hybridized carbons (Fsp3) is 0. The van der Waals surface area contributed by atoms with Gasteiger partial charge in [0.05, 0.1) is 5.69 Å². The Kier molecular flexibility index (Phi) is 0.818. The number of aromatic nitrogens is 1. The van der Waals surface area contributed by atoms with Crippen LogP contribution in [0.1, 0.15) is 0 Å². The van der Waals surface area contributed by atoms with E-state index in [4.69, 9.17) is 5.73 Å². The zero-order valence-corrected chi connectivity index (χ0v) is 5.56. The maximum absolute atomic E-state index is 5.61. The third-order valence-electron chi connectivity index (χ3n) is 1.30. The average Bonchev–Trinajstić information content (AvgIpc) is 2.35. The average molecular weight is 138 g/mol. The zero-order valence-electron chi connectivity index (χ0n) is 4.74. The summed E-state index contributed by atoms with van der Waals surface area (Å²) < 4.78 is 2.01. The first-order valence-electron chi connectivity index (χ1n) is 2.67. The van der Waals surface area contributed by atoms with Crippen LogP contribution in [0.3, 0.4) is 0 Å². The second-order valence-electron chi connectivity index (χ2n) is 1.89. The first kappa shape index (κ1) is 4.88. The molecule has 9 heavy (non-hydrogen) atoms. The predicted octanol–water partition coefficient (Wildman–Crippen LogP) is 1.58. The second-order valence-corrected chi connectivity index (χ2v) is 2.78. The zero-order chi connectivity index (χ0) is 6.27. The number of hydrogen-bond donors (Lipinski definition) is 1. The van der Waals surface area contributed by atoms with Crippen LogP contribution in [-0.2, 0) is 0 Å². The van der Waals surface area contributed by atoms with Gasteiger partial charge in [-0.2, -0.15) is 0 Å². The predicted molar refractivity (Wildman–Crippen MR) is 39.7 cm³/mol. The molecule has 3 heteroatoms. The summed E-state index contributed by atoms with van der Waals surface area (Å²) >= 11 is 1.66. The molecule has 0 spiro atoms. The first-order valence-corrected chi connectivity index (χ1v) is 3.55. The summed E-state index contributed by atoms with van der Waals surface area (Å²) in [5.41, 5.74) is 6.48. The Balaban J connectivity index is 2.99. The Morgan fingerprint density at radius 3 is 3.11 bits per heavy atom. The van der Waals surface area contributed by atoms with E-state index in [1.54, 1.807) is 11.3 Å². The fourth-order valence-corrected chi connectivity index (χ4v) is 1.62. The highest BCUT2D eigenvalue weighted by atomic mass is 32.1. The third kappa shape index (κ3) is 0.549. The van der Waals surface area contributed by atoms with Crippen molar-refractivity contribution < 1.29 is 0 Å². The van der Waals surface area contributed by atoms with Gasteiger partial charge in [0, 0.05) is 17.8 Å². The summed E-state index contributed by atoms with van der Waals surface area (Å²) in [5, 5.41) is 2.02. The smallest absolute Gasteiger partial charge is 0.123 e. The van der Waals surface area contributed by atoms with Crippen LogP contribution in [0.2, 0.25) is 0 Å². The van der Waals surface area contributed by atoms with Crippen LogP contribution in [-0.4, -0.2) is 4.40 Å². The number of thiazole rings is 1. The van der Waals surface area contributed by atoms with Gasteiger partial charge in [-0.1, -0.05) is 0 Å². The van der Waals surface area contributed by atoms with E-state index in [9.17, 15) is 0 Å². The van der Waals surface area contributed by atoms with E-state index in [-0.39, 0.29) is 0 Å². The van der Waals surface area contributed by atoms with Crippen molar-refractivity contribution in [1.82, 2.24) is 4.40 Å². The lowest BCUT2D eigenvalue weighted by atomic mass is 10.6. The second kappa shape index (κ2) is 1.51. The Hall–Kier alpha value is -0.960. The fourth-order valence-electron chi connectivity index (χ4n) is 0.855. The van der Waals surface area contributed by atoms with Crippen molar-refractivity contribution in [3.05, 3.63) is 23.8 Å². The molecule has 2 rings (SSSR count). The van der Waals surface area contributed by atoms with Gasteiger partial charge >= 0.3 is 0 Å². The Morgan fingerprint density at radius 2 is 2.33 bits per heavy atom. The first-order chi connectivity index (χ1) is 4.38. The molecule has 0 bridgehead atoms. The minimum atomic E-state index is 0.866. The van der Waals surface area contributed by atoms with Crippen LogP contribution < -0.4 is 5.73 Å². The van der Waals surface area contributed by atoms with Gasteiger partial charge in [-0.05, 0) is 6.07 Å². The van der Waals surface area contributed by atoms with Gasteiger partial charge in [-0.3, -0.25) is 0 Å². The summed E-state index contributed by atoms with van der Waals surface area (Å²) in [7, 11) is 0. The van der Waals surface area contributed by atoms with Crippen molar-refractivity contribution in [2.45, 2.75) is 0 Å². The molecule has 0 aliphatic heterocycles. The quantitative estimate of drug-likeness (QED) is 0.588. The summed E-state index contributed by atoms with van der Waals surface area (Å²) in [6, 6.07) is 1.91. The molecule has 2 N–H and O–H groups in total. The van der Waals surface area contributed by atoms with Gasteiger partial charge in [0.25, 0.3) is 0 Å². The highest BCUT2D eigenvalue weighted by Crippen LogP contribution is 2.19. The van der Waals surface area contributed by atoms with Gasteiger partial charge < -0.3 is 10.1 Å². The van der Waals surface area contributed by atoms with Gasteiger partial charge in [-0.25, -0.2) is 0 Å². The third-order valence-corrected chi connectivity index (χ3v) is 2.22. The maximum atomic E-state index is 5.61. The molecule has 46 valence electrons. The van der Waals surface area contributed by atoms with Crippen molar-refractivity contribution >= 4 is 21.9 Å². The highest BCUT2D eigenvalue weighted by molar-refractivity contribution is 7.16. The van der Waals surface area contributed by atoms with Crippen LogP contribution in [0, 0.1) is 0 Å². The van der Waals surface area contributed by atoms with Crippen molar-refractivity contribution in [2.75, 3.05) is 5.73 Å². The molecule has 2 heterocycles. The van der Waals surface area contributed by atoms with Crippen LogP contribution in [0.25, 0.3) is 4.83 Å². The van der Waals surface area contributed by atoms with Crippen molar-refractivity contribution in [2.24, 2.45) is 0 Å². The summed E-state index contributed by atoms with van der Waals surface area (Å²) in [4.78, 5) is 1.13. The van der Waals surface area contributed by atoms with E-state index < -0.39 is 0 Å². The number of nitrogens with zero attached hydrogens (tertiary/aromatic N) is 1. The van der Waals surface area contributed by atoms with Crippen LogP contribution in [0.4, 0.5) is 5.69 Å². The number of rotatable bonds is 0. The van der Waals surface area contributed by atoms with Crippen molar-refractivity contribution in [3.8, 4) is 0 Å². The number of hydrogen-bond acceptors (Lipinski definition) is 2. The molecule has 0 aliphatic rings. The molecule has 0 fully saturated rings. The monoisotopic (exact) mass is 138 g/mol. The molecule has 2 aromatic heterocycles. The SMILES string of the molecule is Nc1ccn2ccsc12. The minimum Gasteiger partial charge on any atom is -0.396 e. The number of fused-ring (bicyclic) bond motifs is 1. The summed E-state index contributed by atoms with van der Waals surface area (Å²) in [6.45, 7) is 0. The molecule has 2 nitrogen and oxygen atoms in total. The Labute approximate surface area is 56.5 Å². The van der Waals surface area contributed by atoms with E-state index in [1.165, 1.54) is 0 Å². The standard InChI is InChI=1S/C6H6N2S/c7-5-1-2-8-3-4-9-6(5)8/h1-4H,7H2. The summed E-state index contributed by atoms with van der Waals surface area (Å²) in [6.07, 6.45) is 3.96. The largest absolute Gasteiger partial charge is 0.396 e. The molecule has 0 radical (unpaired) electrons. The number of nitrogens with two attached hydrogens (primary N) is 1. The van der Waals surface area contributed by atoms with E-state index in [1.807, 2.05) is 28.2 Å². The lowest BCUT2D eigenvalue weighted by Crippen LogP contribution is -1.78. The van der Waals surface area contributed by atoms with E-state index >= 15 is 0 Å². The van der Waals surface area contributed by atoms with Crippen LogP contribution >= 0.6 is 11.3 Å². The Morgan fingerprint density at radius 1 is 1.44 bits per heavy atom. The van der Waals surface area contributed by atoms with Gasteiger partial charge in [0.1, 0.15) is 4.83 Å². The molecule has 0 saturated carbocycles. The van der Waals surface area contributed by atoms with Crippen molar-refractivity contribution in [1.29, 1.82) is 0 Å². The Bertz CT molecular complexity index is 320. The van der Waals surface area contributed by atoms with E-state index in [2.05, 4.69) is 0 Å². The van der Waals surface area contributed by atoms with E-state index in [0.29, 0.717) is 0 Å². The summed E-state index contributed by atoms with van der Waals surface area (Å²) in [5.74, 6) is 0. The van der Waals surface area contributed by atoms with Gasteiger partial charge in [-0.15, -0.1) is 11.3 Å². The molecule has 0 atom stereocenters. The minimum absolute atomic E-state index is 0.866. The number of nitrogen functional groups attached to an aromatic ring is 1. The lowest BCUT2D eigenvalue weighted by Gasteiger charge is -1.80. The highest BCUT2D eigenvalue weighted by Gasteiger charge is 1.95. The number of anilines is 1. The lowest BCUT2D eigenvalue weighted by molar-refractivity contribution is 1.24. The maximum Gasteiger partial charge on any atom is 0.123 e. The molecule has 0 aliphatic carbocycles.